The molecule has 0 spiro atoms. The normalized spacial score (nSPS) is 19.9. The Hall–Kier alpha value is -1.04. The van der Waals surface area contributed by atoms with Gasteiger partial charge in [-0.2, -0.15) is 0 Å². The fourth-order valence-corrected chi connectivity index (χ4v) is 3.03. The molecule has 0 saturated carbocycles. The zero-order chi connectivity index (χ0) is 14.5. The smallest absolute Gasteiger partial charge is 0.488 e. The Bertz CT molecular complexity index is 439. The average molecular weight is 277 g/mol. The molecular weight excluding hydrogens is 253 g/mol. The largest absolute Gasteiger partial charge is 0.496 e. The minimum atomic E-state index is -1.43. The molecule has 2 rings (SSSR count). The number of benzene rings is 1. The van der Waals surface area contributed by atoms with Gasteiger partial charge in [-0.05, 0) is 37.3 Å². The van der Waals surface area contributed by atoms with Gasteiger partial charge in [0.1, 0.15) is 5.75 Å². The summed E-state index contributed by atoms with van der Waals surface area (Å²) in [6, 6.07) is 5.97. The highest BCUT2D eigenvalue weighted by Gasteiger charge is 2.22. The number of hydrogen-bond donors (Lipinski definition) is 2. The van der Waals surface area contributed by atoms with E-state index < -0.39 is 7.12 Å². The van der Waals surface area contributed by atoms with Gasteiger partial charge in [-0.25, -0.2) is 0 Å². The Morgan fingerprint density at radius 3 is 2.80 bits per heavy atom. The molecule has 0 aliphatic carbocycles. The van der Waals surface area contributed by atoms with Crippen molar-refractivity contribution in [2.24, 2.45) is 0 Å². The van der Waals surface area contributed by atoms with E-state index in [1.54, 1.807) is 13.2 Å². The van der Waals surface area contributed by atoms with Crippen molar-refractivity contribution in [3.05, 3.63) is 23.8 Å². The van der Waals surface area contributed by atoms with Crippen molar-refractivity contribution in [1.82, 2.24) is 4.90 Å². The van der Waals surface area contributed by atoms with Crippen LogP contribution in [0.15, 0.2) is 18.2 Å². The quantitative estimate of drug-likeness (QED) is 0.792. The third-order valence-electron chi connectivity index (χ3n) is 4.20. The number of methoxy groups -OCH3 is 1. The van der Waals surface area contributed by atoms with Gasteiger partial charge in [-0.3, -0.25) is 4.90 Å². The Kier molecular flexibility index (Phi) is 5.46. The number of rotatable bonds is 5. The molecule has 0 amide bonds. The molecule has 1 saturated heterocycles. The first kappa shape index (κ1) is 15.4. The van der Waals surface area contributed by atoms with E-state index in [2.05, 4.69) is 11.8 Å². The Morgan fingerprint density at radius 1 is 1.35 bits per heavy atom. The molecule has 1 heterocycles. The number of ether oxygens (including phenoxy) is 1. The summed E-state index contributed by atoms with van der Waals surface area (Å²) in [4.78, 5) is 2.48. The SMILES string of the molecule is CCC1CCCCN1Cc1cc(B(O)O)ccc1OC. The van der Waals surface area contributed by atoms with Crippen molar-refractivity contribution in [3.8, 4) is 5.75 Å². The van der Waals surface area contributed by atoms with Crippen LogP contribution in [-0.2, 0) is 6.54 Å². The van der Waals surface area contributed by atoms with E-state index in [1.165, 1.54) is 19.3 Å². The third kappa shape index (κ3) is 3.54. The summed E-state index contributed by atoms with van der Waals surface area (Å²) < 4.78 is 5.40. The molecule has 20 heavy (non-hydrogen) atoms. The second kappa shape index (κ2) is 7.11. The number of nitrogens with zero attached hydrogens (tertiary/aromatic N) is 1. The van der Waals surface area contributed by atoms with E-state index in [-0.39, 0.29) is 0 Å². The summed E-state index contributed by atoms with van der Waals surface area (Å²) in [7, 11) is 0.226. The maximum Gasteiger partial charge on any atom is 0.488 e. The molecule has 2 N–H and O–H groups in total. The van der Waals surface area contributed by atoms with E-state index in [9.17, 15) is 10.0 Å². The van der Waals surface area contributed by atoms with Gasteiger partial charge in [0.2, 0.25) is 0 Å². The second-order valence-electron chi connectivity index (χ2n) is 5.47. The van der Waals surface area contributed by atoms with E-state index in [0.717, 1.165) is 30.8 Å². The van der Waals surface area contributed by atoms with E-state index >= 15 is 0 Å². The van der Waals surface area contributed by atoms with Gasteiger partial charge in [0.15, 0.2) is 0 Å². The summed E-state index contributed by atoms with van der Waals surface area (Å²) >= 11 is 0. The van der Waals surface area contributed by atoms with Crippen LogP contribution in [0.25, 0.3) is 0 Å². The van der Waals surface area contributed by atoms with Crippen LogP contribution in [0.4, 0.5) is 0 Å². The van der Waals surface area contributed by atoms with Gasteiger partial charge in [-0.1, -0.05) is 25.5 Å². The molecule has 1 aliphatic heterocycles. The predicted molar refractivity (Wildman–Crippen MR) is 81.2 cm³/mol. The van der Waals surface area contributed by atoms with Crippen LogP contribution in [0.3, 0.4) is 0 Å². The second-order valence-corrected chi connectivity index (χ2v) is 5.47. The molecule has 4 nitrogen and oxygen atoms in total. The van der Waals surface area contributed by atoms with E-state index in [1.807, 2.05) is 12.1 Å². The maximum absolute atomic E-state index is 9.32. The van der Waals surface area contributed by atoms with Crippen LogP contribution < -0.4 is 10.2 Å². The van der Waals surface area contributed by atoms with Crippen molar-refractivity contribution < 1.29 is 14.8 Å². The fraction of sp³-hybridized carbons (Fsp3) is 0.600. The summed E-state index contributed by atoms with van der Waals surface area (Å²) in [5.74, 6) is 0.815. The number of hydrogen-bond acceptors (Lipinski definition) is 4. The average Bonchev–Trinajstić information content (AvgIpc) is 2.47. The molecular formula is C15H24BNO3. The van der Waals surface area contributed by atoms with E-state index in [0.29, 0.717) is 11.5 Å². The highest BCUT2D eigenvalue weighted by atomic mass is 16.5. The number of likely N-dealkylation sites (tertiary alicyclic amines) is 1. The van der Waals surface area contributed by atoms with E-state index in [4.69, 9.17) is 4.74 Å². The molecule has 0 radical (unpaired) electrons. The lowest BCUT2D eigenvalue weighted by atomic mass is 9.79. The fourth-order valence-electron chi connectivity index (χ4n) is 3.03. The molecule has 0 aromatic heterocycles. The highest BCUT2D eigenvalue weighted by Crippen LogP contribution is 2.25. The van der Waals surface area contributed by atoms with Gasteiger partial charge in [0.05, 0.1) is 7.11 Å². The van der Waals surface area contributed by atoms with Crippen molar-refractivity contribution in [1.29, 1.82) is 0 Å². The first-order chi connectivity index (χ1) is 9.65. The summed E-state index contributed by atoms with van der Waals surface area (Å²) in [6.45, 7) is 4.14. The standard InChI is InChI=1S/C15H24BNO3/c1-3-14-6-4-5-9-17(14)11-12-10-13(16(18)19)7-8-15(12)20-2/h7-8,10,14,18-19H,3-6,9,11H2,1-2H3. The van der Waals surface area contributed by atoms with Crippen LogP contribution in [0.1, 0.15) is 38.2 Å². The zero-order valence-electron chi connectivity index (χ0n) is 12.4. The molecule has 0 bridgehead atoms. The molecule has 1 aromatic rings. The minimum absolute atomic E-state index is 0.519. The van der Waals surface area contributed by atoms with Crippen molar-refractivity contribution >= 4 is 12.6 Å². The molecule has 1 aliphatic rings. The molecule has 1 unspecified atom stereocenters. The Labute approximate surface area is 121 Å². The lowest BCUT2D eigenvalue weighted by molar-refractivity contribution is 0.135. The maximum atomic E-state index is 9.32. The molecule has 1 atom stereocenters. The van der Waals surface area contributed by atoms with Crippen LogP contribution in [0.2, 0.25) is 0 Å². The Balaban J connectivity index is 2.19. The van der Waals surface area contributed by atoms with Gasteiger partial charge in [-0.15, -0.1) is 0 Å². The molecule has 1 fully saturated rings. The molecule has 110 valence electrons. The highest BCUT2D eigenvalue weighted by molar-refractivity contribution is 6.58. The van der Waals surface area contributed by atoms with Gasteiger partial charge >= 0.3 is 7.12 Å². The van der Waals surface area contributed by atoms with Crippen LogP contribution in [0, 0.1) is 0 Å². The third-order valence-corrected chi connectivity index (χ3v) is 4.20. The molecule has 5 heteroatoms. The summed E-state index contributed by atoms with van der Waals surface area (Å²) in [5, 5.41) is 18.6. The lowest BCUT2D eigenvalue weighted by Crippen LogP contribution is -2.39. The van der Waals surface area contributed by atoms with Crippen LogP contribution in [0.5, 0.6) is 5.75 Å². The summed E-state index contributed by atoms with van der Waals surface area (Å²) in [6.07, 6.45) is 4.95. The zero-order valence-corrected chi connectivity index (χ0v) is 12.4. The minimum Gasteiger partial charge on any atom is -0.496 e. The van der Waals surface area contributed by atoms with Gasteiger partial charge < -0.3 is 14.8 Å². The monoisotopic (exact) mass is 277 g/mol. The molecule has 1 aromatic carbocycles. The van der Waals surface area contributed by atoms with Crippen molar-refractivity contribution in [2.75, 3.05) is 13.7 Å². The predicted octanol–water partition coefficient (Wildman–Crippen LogP) is 1.14. The first-order valence-electron chi connectivity index (χ1n) is 7.42. The lowest BCUT2D eigenvalue weighted by Gasteiger charge is -2.35. The Morgan fingerprint density at radius 2 is 2.15 bits per heavy atom. The first-order valence-corrected chi connectivity index (χ1v) is 7.42. The topological polar surface area (TPSA) is 52.9 Å². The number of piperidine rings is 1. The van der Waals surface area contributed by atoms with Crippen LogP contribution in [-0.4, -0.2) is 41.8 Å². The van der Waals surface area contributed by atoms with Crippen molar-refractivity contribution in [3.63, 3.8) is 0 Å². The van der Waals surface area contributed by atoms with Crippen LogP contribution >= 0.6 is 0 Å². The van der Waals surface area contributed by atoms with Gasteiger partial charge in [0.25, 0.3) is 0 Å². The van der Waals surface area contributed by atoms with Crippen molar-refractivity contribution in [2.45, 2.75) is 45.2 Å². The summed E-state index contributed by atoms with van der Waals surface area (Å²) in [5.41, 5.74) is 1.55. The van der Waals surface area contributed by atoms with Gasteiger partial charge in [0, 0.05) is 18.2 Å².